The van der Waals surface area contributed by atoms with Crippen molar-refractivity contribution in [2.75, 3.05) is 13.2 Å². The SMILES string of the molecule is CCCCN1C(=O)[C@H](C(C)=O)[C@H]1CC(=O)OCC. The summed E-state index contributed by atoms with van der Waals surface area (Å²) in [4.78, 5) is 36.3. The molecule has 102 valence electrons. The normalized spacial score (nSPS) is 22.6. The Bertz CT molecular complexity index is 340. The largest absolute Gasteiger partial charge is 0.466 e. The van der Waals surface area contributed by atoms with E-state index >= 15 is 0 Å². The molecule has 0 radical (unpaired) electrons. The van der Waals surface area contributed by atoms with Crippen LogP contribution in [0.5, 0.6) is 0 Å². The van der Waals surface area contributed by atoms with Crippen LogP contribution in [0.15, 0.2) is 0 Å². The Labute approximate surface area is 107 Å². The highest BCUT2D eigenvalue weighted by molar-refractivity contribution is 6.06. The van der Waals surface area contributed by atoms with Crippen molar-refractivity contribution >= 4 is 17.7 Å². The third kappa shape index (κ3) is 3.09. The highest BCUT2D eigenvalue weighted by atomic mass is 16.5. The molecule has 1 saturated heterocycles. The quantitative estimate of drug-likeness (QED) is 0.389. The zero-order valence-corrected chi connectivity index (χ0v) is 11.3. The summed E-state index contributed by atoms with van der Waals surface area (Å²) >= 11 is 0. The van der Waals surface area contributed by atoms with Gasteiger partial charge in [-0.1, -0.05) is 13.3 Å². The van der Waals surface area contributed by atoms with Gasteiger partial charge < -0.3 is 9.64 Å². The number of ketones is 1. The highest BCUT2D eigenvalue weighted by Crippen LogP contribution is 2.30. The van der Waals surface area contributed by atoms with Crippen LogP contribution in [0.25, 0.3) is 0 Å². The lowest BCUT2D eigenvalue weighted by atomic mass is 9.82. The van der Waals surface area contributed by atoms with E-state index in [-0.39, 0.29) is 30.1 Å². The summed E-state index contributed by atoms with van der Waals surface area (Å²) in [5.41, 5.74) is 0. The van der Waals surface area contributed by atoms with Crippen molar-refractivity contribution < 1.29 is 19.1 Å². The number of amides is 1. The molecule has 1 rings (SSSR count). The lowest BCUT2D eigenvalue weighted by molar-refractivity contribution is -0.164. The van der Waals surface area contributed by atoms with Crippen molar-refractivity contribution in [3.8, 4) is 0 Å². The van der Waals surface area contributed by atoms with Crippen LogP contribution in [0.4, 0.5) is 0 Å². The van der Waals surface area contributed by atoms with Gasteiger partial charge in [0.1, 0.15) is 11.7 Å². The van der Waals surface area contributed by atoms with Gasteiger partial charge in [0.05, 0.1) is 19.1 Å². The Hall–Kier alpha value is -1.39. The molecule has 1 amide bonds. The molecule has 1 heterocycles. The number of likely N-dealkylation sites (tertiary alicyclic amines) is 1. The molecular weight excluding hydrogens is 234 g/mol. The Kier molecular flexibility index (Phi) is 5.31. The van der Waals surface area contributed by atoms with Crippen LogP contribution >= 0.6 is 0 Å². The summed E-state index contributed by atoms with van der Waals surface area (Å²) in [7, 11) is 0. The Morgan fingerprint density at radius 2 is 2.00 bits per heavy atom. The van der Waals surface area contributed by atoms with Gasteiger partial charge in [-0.2, -0.15) is 0 Å². The van der Waals surface area contributed by atoms with E-state index in [2.05, 4.69) is 0 Å². The lowest BCUT2D eigenvalue weighted by Gasteiger charge is -2.45. The molecule has 0 aromatic heterocycles. The molecule has 0 bridgehead atoms. The molecule has 0 aromatic rings. The number of ether oxygens (including phenoxy) is 1. The summed E-state index contributed by atoms with van der Waals surface area (Å²) in [5.74, 6) is -1.30. The first kappa shape index (κ1) is 14.7. The van der Waals surface area contributed by atoms with E-state index in [1.807, 2.05) is 6.92 Å². The Morgan fingerprint density at radius 3 is 2.50 bits per heavy atom. The molecule has 5 nitrogen and oxygen atoms in total. The van der Waals surface area contributed by atoms with E-state index in [1.165, 1.54) is 6.92 Å². The second-order valence-corrected chi connectivity index (χ2v) is 4.55. The van der Waals surface area contributed by atoms with E-state index in [9.17, 15) is 14.4 Å². The molecule has 1 aliphatic rings. The van der Waals surface area contributed by atoms with E-state index in [1.54, 1.807) is 11.8 Å². The van der Waals surface area contributed by atoms with Crippen LogP contribution in [-0.2, 0) is 19.1 Å². The minimum absolute atomic E-state index is 0.119. The van der Waals surface area contributed by atoms with E-state index < -0.39 is 5.92 Å². The first-order valence-electron chi connectivity index (χ1n) is 6.49. The zero-order valence-electron chi connectivity index (χ0n) is 11.3. The third-order valence-corrected chi connectivity index (χ3v) is 3.21. The number of nitrogens with zero attached hydrogens (tertiary/aromatic N) is 1. The van der Waals surface area contributed by atoms with Gasteiger partial charge in [0.15, 0.2) is 0 Å². The average molecular weight is 255 g/mol. The van der Waals surface area contributed by atoms with E-state index in [4.69, 9.17) is 4.74 Å². The van der Waals surface area contributed by atoms with Gasteiger partial charge in [0.2, 0.25) is 5.91 Å². The molecule has 0 spiro atoms. The average Bonchev–Trinajstić information content (AvgIpc) is 2.28. The maximum atomic E-state index is 11.8. The number of esters is 1. The fourth-order valence-corrected chi connectivity index (χ4v) is 2.27. The van der Waals surface area contributed by atoms with Crippen LogP contribution in [0, 0.1) is 5.92 Å². The van der Waals surface area contributed by atoms with Gasteiger partial charge >= 0.3 is 5.97 Å². The lowest BCUT2D eigenvalue weighted by Crippen LogP contribution is -2.63. The topological polar surface area (TPSA) is 63.7 Å². The third-order valence-electron chi connectivity index (χ3n) is 3.21. The summed E-state index contributed by atoms with van der Waals surface area (Å²) in [6, 6.07) is -0.305. The van der Waals surface area contributed by atoms with Crippen LogP contribution < -0.4 is 0 Å². The van der Waals surface area contributed by atoms with Gasteiger partial charge in [0, 0.05) is 6.54 Å². The van der Waals surface area contributed by atoms with Crippen molar-refractivity contribution in [1.82, 2.24) is 4.90 Å². The molecule has 1 fully saturated rings. The first-order valence-corrected chi connectivity index (χ1v) is 6.49. The minimum atomic E-state index is -0.647. The molecule has 1 aliphatic heterocycles. The maximum Gasteiger partial charge on any atom is 0.307 e. The minimum Gasteiger partial charge on any atom is -0.466 e. The van der Waals surface area contributed by atoms with E-state index in [0.717, 1.165) is 12.8 Å². The zero-order chi connectivity index (χ0) is 13.7. The van der Waals surface area contributed by atoms with Gasteiger partial charge in [-0.25, -0.2) is 0 Å². The number of carbonyl (C=O) groups excluding carboxylic acids is 3. The number of hydrogen-bond donors (Lipinski definition) is 0. The Morgan fingerprint density at radius 1 is 1.33 bits per heavy atom. The number of hydrogen-bond acceptors (Lipinski definition) is 4. The van der Waals surface area contributed by atoms with Gasteiger partial charge in [-0.15, -0.1) is 0 Å². The molecule has 0 N–H and O–H groups in total. The molecule has 0 unspecified atom stereocenters. The number of unbranched alkanes of at least 4 members (excludes halogenated alkanes) is 1. The number of carbonyl (C=O) groups is 3. The second kappa shape index (κ2) is 6.52. The van der Waals surface area contributed by atoms with Crippen LogP contribution in [-0.4, -0.2) is 41.8 Å². The predicted octanol–water partition coefficient (Wildman–Crippen LogP) is 1.16. The first-order chi connectivity index (χ1) is 8.52. The molecular formula is C13H21NO4. The molecule has 5 heteroatoms. The van der Waals surface area contributed by atoms with Crippen LogP contribution in [0.3, 0.4) is 0 Å². The second-order valence-electron chi connectivity index (χ2n) is 4.55. The van der Waals surface area contributed by atoms with Crippen LogP contribution in [0.1, 0.15) is 40.0 Å². The molecule has 0 aromatic carbocycles. The van der Waals surface area contributed by atoms with Crippen molar-refractivity contribution in [2.24, 2.45) is 5.92 Å². The summed E-state index contributed by atoms with van der Waals surface area (Å²) < 4.78 is 4.88. The maximum absolute atomic E-state index is 11.8. The fourth-order valence-electron chi connectivity index (χ4n) is 2.27. The van der Waals surface area contributed by atoms with Gasteiger partial charge in [-0.3, -0.25) is 14.4 Å². The Balaban J connectivity index is 2.64. The molecule has 2 atom stereocenters. The smallest absolute Gasteiger partial charge is 0.307 e. The summed E-state index contributed by atoms with van der Waals surface area (Å²) in [6.45, 7) is 6.11. The van der Waals surface area contributed by atoms with Crippen LogP contribution in [0.2, 0.25) is 0 Å². The van der Waals surface area contributed by atoms with Crippen molar-refractivity contribution in [3.05, 3.63) is 0 Å². The van der Waals surface area contributed by atoms with Gasteiger partial charge in [-0.05, 0) is 20.3 Å². The van der Waals surface area contributed by atoms with Crippen molar-refractivity contribution in [1.29, 1.82) is 0 Å². The summed E-state index contributed by atoms with van der Waals surface area (Å²) in [5, 5.41) is 0. The molecule has 0 aliphatic carbocycles. The van der Waals surface area contributed by atoms with Crippen molar-refractivity contribution in [2.45, 2.75) is 46.1 Å². The standard InChI is InChI=1S/C13H21NO4/c1-4-6-7-14-10(8-11(16)18-5-2)12(9(3)15)13(14)17/h10,12H,4-8H2,1-3H3/t10-,12-/m1/s1. The molecule has 18 heavy (non-hydrogen) atoms. The van der Waals surface area contributed by atoms with E-state index in [0.29, 0.717) is 13.2 Å². The number of rotatable bonds is 7. The number of Topliss-reactive ketones (excluding diaryl/α,β-unsaturated/α-hetero) is 1. The predicted molar refractivity (Wildman–Crippen MR) is 65.8 cm³/mol. The fraction of sp³-hybridized carbons (Fsp3) is 0.769. The van der Waals surface area contributed by atoms with Gasteiger partial charge in [0.25, 0.3) is 0 Å². The monoisotopic (exact) mass is 255 g/mol. The highest BCUT2D eigenvalue weighted by Gasteiger charge is 2.50. The molecule has 0 saturated carbocycles. The number of β-lactam (4-membered cyclic amide) rings is 1. The van der Waals surface area contributed by atoms with Crippen molar-refractivity contribution in [3.63, 3.8) is 0 Å². The summed E-state index contributed by atoms with van der Waals surface area (Å²) in [6.07, 6.45) is 1.98.